The molecule has 0 radical (unpaired) electrons. The summed E-state index contributed by atoms with van der Waals surface area (Å²) >= 11 is 0. The van der Waals surface area contributed by atoms with E-state index in [9.17, 15) is 0 Å². The second-order valence-corrected chi connectivity index (χ2v) is 3.56. The fraction of sp³-hybridized carbons (Fsp3) is 0.0667. The van der Waals surface area contributed by atoms with E-state index < -0.39 is 0 Å². The molecule has 17 heavy (non-hydrogen) atoms. The van der Waals surface area contributed by atoms with Gasteiger partial charge in [-0.1, -0.05) is 55.1 Å². The first kappa shape index (κ1) is 12.8. The van der Waals surface area contributed by atoms with Gasteiger partial charge in [-0.25, -0.2) is 0 Å². The summed E-state index contributed by atoms with van der Waals surface area (Å²) in [5.74, 6) is -0.0903. The molecule has 0 saturated heterocycles. The van der Waals surface area contributed by atoms with Crippen LogP contribution in [0.5, 0.6) is 11.5 Å². The monoisotopic (exact) mass is 228 g/mol. The first-order chi connectivity index (χ1) is 8.15. The summed E-state index contributed by atoms with van der Waals surface area (Å²) in [6.45, 7) is 5.36. The van der Waals surface area contributed by atoms with Gasteiger partial charge < -0.3 is 10.2 Å². The quantitative estimate of drug-likeness (QED) is 0.730. The summed E-state index contributed by atoms with van der Waals surface area (Å²) in [5.41, 5.74) is 1.86. The smallest absolute Gasteiger partial charge is 0.160 e. The minimum absolute atomic E-state index is 0.0301. The summed E-state index contributed by atoms with van der Waals surface area (Å²) in [6.07, 6.45) is 1.83. The SMILES string of the molecule is C=Cc1ccccc1.Cc1cccc(O)c1O. The van der Waals surface area contributed by atoms with Crippen LogP contribution in [0, 0.1) is 6.92 Å². The maximum atomic E-state index is 8.96. The molecule has 2 aromatic carbocycles. The van der Waals surface area contributed by atoms with Gasteiger partial charge in [-0.2, -0.15) is 0 Å². The van der Waals surface area contributed by atoms with E-state index in [1.165, 1.54) is 11.6 Å². The first-order valence-corrected chi connectivity index (χ1v) is 5.30. The molecule has 2 aromatic rings. The molecule has 0 bridgehead atoms. The average Bonchev–Trinajstić information content (AvgIpc) is 2.37. The number of benzene rings is 2. The molecule has 2 rings (SSSR count). The molecule has 2 N–H and O–H groups in total. The van der Waals surface area contributed by atoms with Gasteiger partial charge in [-0.05, 0) is 24.1 Å². The van der Waals surface area contributed by atoms with E-state index in [0.29, 0.717) is 5.56 Å². The molecule has 88 valence electrons. The Morgan fingerprint density at radius 2 is 1.59 bits per heavy atom. The largest absolute Gasteiger partial charge is 0.504 e. The topological polar surface area (TPSA) is 40.5 Å². The fourth-order valence-electron chi connectivity index (χ4n) is 1.23. The highest BCUT2D eigenvalue weighted by Crippen LogP contribution is 2.26. The number of aryl methyl sites for hydroxylation is 1. The highest BCUT2D eigenvalue weighted by molar-refractivity contribution is 5.45. The van der Waals surface area contributed by atoms with Gasteiger partial charge in [-0.15, -0.1) is 0 Å². The van der Waals surface area contributed by atoms with Crippen molar-refractivity contribution in [3.63, 3.8) is 0 Å². The van der Waals surface area contributed by atoms with Crippen LogP contribution in [0.1, 0.15) is 11.1 Å². The van der Waals surface area contributed by atoms with Crippen LogP contribution in [-0.4, -0.2) is 10.2 Å². The molecule has 0 saturated carbocycles. The zero-order valence-corrected chi connectivity index (χ0v) is 9.80. The van der Waals surface area contributed by atoms with Crippen LogP contribution in [0.25, 0.3) is 6.08 Å². The molecule has 0 heterocycles. The van der Waals surface area contributed by atoms with Crippen LogP contribution < -0.4 is 0 Å². The van der Waals surface area contributed by atoms with Gasteiger partial charge in [-0.3, -0.25) is 0 Å². The third kappa shape index (κ3) is 4.03. The molecule has 0 amide bonds. The number of phenols is 2. The van der Waals surface area contributed by atoms with Gasteiger partial charge in [0.2, 0.25) is 0 Å². The van der Waals surface area contributed by atoms with Crippen molar-refractivity contribution in [3.8, 4) is 11.5 Å². The van der Waals surface area contributed by atoms with E-state index >= 15 is 0 Å². The molecule has 0 atom stereocenters. The second-order valence-electron chi connectivity index (χ2n) is 3.56. The number of rotatable bonds is 1. The van der Waals surface area contributed by atoms with Crippen LogP contribution in [0.2, 0.25) is 0 Å². The highest BCUT2D eigenvalue weighted by atomic mass is 16.3. The lowest BCUT2D eigenvalue weighted by molar-refractivity contribution is 0.401. The minimum Gasteiger partial charge on any atom is -0.504 e. The third-order valence-corrected chi connectivity index (χ3v) is 2.25. The van der Waals surface area contributed by atoms with Crippen molar-refractivity contribution in [1.82, 2.24) is 0 Å². The zero-order valence-electron chi connectivity index (χ0n) is 9.80. The van der Waals surface area contributed by atoms with Crippen LogP contribution in [0.3, 0.4) is 0 Å². The van der Waals surface area contributed by atoms with E-state index in [-0.39, 0.29) is 11.5 Å². The van der Waals surface area contributed by atoms with Crippen molar-refractivity contribution in [2.24, 2.45) is 0 Å². The standard InChI is InChI=1S/C8H8.C7H8O2/c1-2-8-6-4-3-5-7-8;1-5-3-2-4-6(8)7(5)9/h2-7H,1H2;2-4,8-9H,1H3. The molecule has 2 heteroatoms. The summed E-state index contributed by atoms with van der Waals surface area (Å²) < 4.78 is 0. The Morgan fingerprint density at radius 3 is 2.00 bits per heavy atom. The molecule has 0 unspecified atom stereocenters. The normalized spacial score (nSPS) is 9.00. The number of hydrogen-bond acceptors (Lipinski definition) is 2. The van der Waals surface area contributed by atoms with Crippen molar-refractivity contribution in [1.29, 1.82) is 0 Å². The number of phenolic OH excluding ortho intramolecular Hbond substituents is 2. The third-order valence-electron chi connectivity index (χ3n) is 2.25. The summed E-state index contributed by atoms with van der Waals surface area (Å²) in [6, 6.07) is 14.9. The minimum atomic E-state index is -0.0602. The lowest BCUT2D eigenvalue weighted by Crippen LogP contribution is -1.72. The van der Waals surface area contributed by atoms with E-state index in [4.69, 9.17) is 10.2 Å². The molecule has 2 nitrogen and oxygen atoms in total. The molecule has 0 aliphatic heterocycles. The van der Waals surface area contributed by atoms with Gasteiger partial charge in [0, 0.05) is 0 Å². The van der Waals surface area contributed by atoms with Crippen molar-refractivity contribution in [2.45, 2.75) is 6.92 Å². The maximum Gasteiger partial charge on any atom is 0.160 e. The molecule has 0 spiro atoms. The van der Waals surface area contributed by atoms with Crippen molar-refractivity contribution >= 4 is 6.08 Å². The van der Waals surface area contributed by atoms with Crippen LogP contribution in [0.15, 0.2) is 55.1 Å². The predicted molar refractivity (Wildman–Crippen MR) is 71.0 cm³/mol. The summed E-state index contributed by atoms with van der Waals surface area (Å²) in [5, 5.41) is 17.8. The summed E-state index contributed by atoms with van der Waals surface area (Å²) in [7, 11) is 0. The summed E-state index contributed by atoms with van der Waals surface area (Å²) in [4.78, 5) is 0. The van der Waals surface area contributed by atoms with Gasteiger partial charge in [0.05, 0.1) is 0 Å². The fourth-order valence-corrected chi connectivity index (χ4v) is 1.23. The van der Waals surface area contributed by atoms with Crippen molar-refractivity contribution in [3.05, 3.63) is 66.2 Å². The van der Waals surface area contributed by atoms with Gasteiger partial charge in [0.25, 0.3) is 0 Å². The zero-order chi connectivity index (χ0) is 12.7. The van der Waals surface area contributed by atoms with E-state index in [1.54, 1.807) is 19.1 Å². The number of aromatic hydroxyl groups is 2. The Labute approximate surface area is 101 Å². The molecule has 0 aromatic heterocycles. The lowest BCUT2D eigenvalue weighted by Gasteiger charge is -1.97. The lowest BCUT2D eigenvalue weighted by atomic mass is 10.2. The van der Waals surface area contributed by atoms with Gasteiger partial charge in [0.1, 0.15) is 0 Å². The molecular formula is C15H16O2. The van der Waals surface area contributed by atoms with Crippen LogP contribution in [0.4, 0.5) is 0 Å². The van der Waals surface area contributed by atoms with Crippen molar-refractivity contribution in [2.75, 3.05) is 0 Å². The number of hydrogen-bond donors (Lipinski definition) is 2. The average molecular weight is 228 g/mol. The second kappa shape index (κ2) is 6.38. The molecule has 0 fully saturated rings. The Kier molecular flexibility index (Phi) is 4.82. The Balaban J connectivity index is 0.000000171. The number of para-hydroxylation sites is 1. The molecule has 0 aliphatic rings. The van der Waals surface area contributed by atoms with E-state index in [1.807, 2.05) is 36.4 Å². The van der Waals surface area contributed by atoms with Crippen LogP contribution >= 0.6 is 0 Å². The van der Waals surface area contributed by atoms with E-state index in [2.05, 4.69) is 6.58 Å². The van der Waals surface area contributed by atoms with Crippen LogP contribution in [-0.2, 0) is 0 Å². The van der Waals surface area contributed by atoms with Crippen molar-refractivity contribution < 1.29 is 10.2 Å². The van der Waals surface area contributed by atoms with Gasteiger partial charge >= 0.3 is 0 Å². The molecular weight excluding hydrogens is 212 g/mol. The Bertz CT molecular complexity index is 455. The first-order valence-electron chi connectivity index (χ1n) is 5.30. The predicted octanol–water partition coefficient (Wildman–Crippen LogP) is 3.74. The maximum absolute atomic E-state index is 8.96. The van der Waals surface area contributed by atoms with Gasteiger partial charge in [0.15, 0.2) is 11.5 Å². The Hall–Kier alpha value is -2.22. The highest BCUT2D eigenvalue weighted by Gasteiger charge is 1.98. The molecule has 0 aliphatic carbocycles. The van der Waals surface area contributed by atoms with E-state index in [0.717, 1.165) is 0 Å². The Morgan fingerprint density at radius 1 is 0.941 bits per heavy atom.